The summed E-state index contributed by atoms with van der Waals surface area (Å²) in [4.78, 5) is 10.7. The minimum absolute atomic E-state index is 0.694. The summed E-state index contributed by atoms with van der Waals surface area (Å²) >= 11 is 0. The molecule has 244 valence electrons. The van der Waals surface area contributed by atoms with Gasteiger partial charge in [-0.3, -0.25) is 0 Å². The summed E-state index contributed by atoms with van der Waals surface area (Å²) in [5.74, 6) is 1.67. The van der Waals surface area contributed by atoms with Gasteiger partial charge >= 0.3 is 0 Å². The highest BCUT2D eigenvalue weighted by Gasteiger charge is 2.19. The summed E-state index contributed by atoms with van der Waals surface area (Å²) in [7, 11) is 0. The van der Waals surface area contributed by atoms with E-state index in [1.807, 2.05) is 0 Å². The van der Waals surface area contributed by atoms with Crippen LogP contribution in [0.25, 0.3) is 84.3 Å². The lowest BCUT2D eigenvalue weighted by Gasteiger charge is -2.16. The molecule has 0 N–H and O–H groups in total. The number of nitrogens with zero attached hydrogens (tertiary/aromatic N) is 2. The minimum atomic E-state index is 0.694. The molecule has 0 saturated heterocycles. The van der Waals surface area contributed by atoms with Crippen LogP contribution >= 0.6 is 0 Å². The highest BCUT2D eigenvalue weighted by Crippen LogP contribution is 2.39. The van der Waals surface area contributed by atoms with Crippen LogP contribution in [-0.2, 0) is 6.42 Å². The van der Waals surface area contributed by atoms with Gasteiger partial charge in [0.05, 0.1) is 11.4 Å². The maximum atomic E-state index is 6.36. The number of aromatic nitrogens is 2. The van der Waals surface area contributed by atoms with Crippen LogP contribution in [0.2, 0.25) is 0 Å². The summed E-state index contributed by atoms with van der Waals surface area (Å²) in [6, 6.07) is 51.6. The monoisotopic (exact) mass is 656 g/mol. The molecular weight excluding hydrogens is 621 g/mol. The normalized spacial score (nSPS) is 12.3. The lowest BCUT2D eigenvalue weighted by atomic mass is 9.94. The third-order valence-electron chi connectivity index (χ3n) is 10.1. The number of hydrogen-bond donors (Lipinski definition) is 0. The molecule has 9 rings (SSSR count). The van der Waals surface area contributed by atoms with Crippen molar-refractivity contribution in [3.63, 3.8) is 0 Å². The Bertz CT molecular complexity index is 2580. The van der Waals surface area contributed by atoms with Crippen molar-refractivity contribution in [1.82, 2.24) is 9.97 Å². The van der Waals surface area contributed by atoms with Gasteiger partial charge in [0.25, 0.3) is 0 Å². The number of fused-ring (bicyclic) bond motifs is 3. The molecule has 0 fully saturated rings. The van der Waals surface area contributed by atoms with Crippen molar-refractivity contribution in [2.75, 3.05) is 0 Å². The molecule has 0 atom stereocenters. The van der Waals surface area contributed by atoms with E-state index in [0.29, 0.717) is 5.82 Å². The second kappa shape index (κ2) is 12.9. The van der Waals surface area contributed by atoms with Gasteiger partial charge in [0.15, 0.2) is 5.82 Å². The first-order valence-electron chi connectivity index (χ1n) is 17.6. The average molecular weight is 657 g/mol. The van der Waals surface area contributed by atoms with Gasteiger partial charge in [-0.25, -0.2) is 9.97 Å². The first-order chi connectivity index (χ1) is 25.1. The van der Waals surface area contributed by atoms with Crippen molar-refractivity contribution in [3.8, 4) is 67.3 Å². The zero-order chi connectivity index (χ0) is 34.3. The smallest absolute Gasteiger partial charge is 0.160 e. The van der Waals surface area contributed by atoms with Crippen molar-refractivity contribution < 1.29 is 4.42 Å². The zero-order valence-electron chi connectivity index (χ0n) is 28.7. The molecule has 8 aromatic rings. The lowest BCUT2D eigenvalue weighted by Crippen LogP contribution is -2.01. The molecule has 2 aromatic heterocycles. The van der Waals surface area contributed by atoms with E-state index in [1.165, 1.54) is 27.6 Å². The molecule has 51 heavy (non-hydrogen) atoms. The van der Waals surface area contributed by atoms with Gasteiger partial charge in [0, 0.05) is 33.2 Å². The number of benzene rings is 6. The Morgan fingerprint density at radius 3 is 1.84 bits per heavy atom. The maximum absolute atomic E-state index is 6.36. The van der Waals surface area contributed by atoms with Crippen molar-refractivity contribution in [2.45, 2.75) is 26.7 Å². The van der Waals surface area contributed by atoms with Crippen LogP contribution in [0.3, 0.4) is 0 Å². The van der Waals surface area contributed by atoms with Crippen LogP contribution in [0.5, 0.6) is 0 Å². The predicted molar refractivity (Wildman–Crippen MR) is 211 cm³/mol. The fourth-order valence-electron chi connectivity index (χ4n) is 7.36. The van der Waals surface area contributed by atoms with Crippen LogP contribution in [0, 0.1) is 13.8 Å². The van der Waals surface area contributed by atoms with Gasteiger partial charge in [-0.2, -0.15) is 0 Å². The first-order valence-corrected chi connectivity index (χ1v) is 17.6. The average Bonchev–Trinajstić information content (AvgIpc) is 3.57. The van der Waals surface area contributed by atoms with Gasteiger partial charge in [0.1, 0.15) is 11.3 Å². The summed E-state index contributed by atoms with van der Waals surface area (Å²) in [5, 5.41) is 1.20. The van der Waals surface area contributed by atoms with E-state index < -0.39 is 0 Å². The Labute approximate surface area is 298 Å². The fraction of sp³-hybridized carbons (Fsp3) is 0.0833. The van der Waals surface area contributed by atoms with Crippen molar-refractivity contribution in [2.24, 2.45) is 0 Å². The Morgan fingerprint density at radius 1 is 0.510 bits per heavy atom. The number of rotatable bonds is 6. The van der Waals surface area contributed by atoms with E-state index in [1.54, 1.807) is 0 Å². The third-order valence-corrected chi connectivity index (χ3v) is 10.1. The van der Waals surface area contributed by atoms with Gasteiger partial charge in [-0.05, 0) is 96.0 Å². The maximum Gasteiger partial charge on any atom is 0.160 e. The van der Waals surface area contributed by atoms with Gasteiger partial charge in [-0.1, -0.05) is 127 Å². The van der Waals surface area contributed by atoms with Gasteiger partial charge < -0.3 is 4.42 Å². The highest BCUT2D eigenvalue weighted by atomic mass is 16.3. The molecule has 2 heterocycles. The SMILES string of the molecule is Cc1ccccc1-c1nc(-c2cc(-c3ccccc3)cc(-c3ccc4c5c(oc4c3)C=CCC5)c2)nc(-c2ccc(-c3ccccc3)cc2)c1C. The Kier molecular flexibility index (Phi) is 7.74. The molecule has 1 aliphatic carbocycles. The first kappa shape index (κ1) is 30.7. The van der Waals surface area contributed by atoms with Crippen molar-refractivity contribution in [3.05, 3.63) is 174 Å². The standard InChI is InChI=1S/C48H36N2O/c1-31-13-9-10-18-41(31)47-32(2)46(36-23-21-35(22-24-36)33-14-5-3-6-15-33)49-48(50-47)40-28-38(34-16-7-4-8-17-34)27-39(29-40)37-25-26-43-42-19-11-12-20-44(42)51-45(43)30-37/h3-10,12-18,20-30H,11,19H2,1-2H3. The lowest BCUT2D eigenvalue weighted by molar-refractivity contribution is 0.595. The molecule has 0 radical (unpaired) electrons. The molecule has 6 aromatic carbocycles. The van der Waals surface area contributed by atoms with Crippen LogP contribution in [0.1, 0.15) is 28.9 Å². The molecule has 0 bridgehead atoms. The Hall–Kier alpha value is -6.32. The van der Waals surface area contributed by atoms with E-state index in [-0.39, 0.29) is 0 Å². The quantitative estimate of drug-likeness (QED) is 0.179. The molecule has 0 spiro atoms. The van der Waals surface area contributed by atoms with E-state index in [2.05, 4.69) is 172 Å². The summed E-state index contributed by atoms with van der Waals surface area (Å²) in [6.45, 7) is 4.29. The largest absolute Gasteiger partial charge is 0.456 e. The molecule has 3 heteroatoms. The number of aryl methyl sites for hydroxylation is 2. The number of allylic oxidation sites excluding steroid dienone is 1. The topological polar surface area (TPSA) is 38.9 Å². The second-order valence-electron chi connectivity index (χ2n) is 13.4. The van der Waals surface area contributed by atoms with Crippen LogP contribution in [0.15, 0.2) is 156 Å². The van der Waals surface area contributed by atoms with E-state index >= 15 is 0 Å². The van der Waals surface area contributed by atoms with Crippen LogP contribution in [-0.4, -0.2) is 9.97 Å². The third kappa shape index (κ3) is 5.77. The minimum Gasteiger partial charge on any atom is -0.456 e. The Morgan fingerprint density at radius 2 is 1.10 bits per heavy atom. The van der Waals surface area contributed by atoms with Crippen LogP contribution in [0.4, 0.5) is 0 Å². The number of furan rings is 1. The van der Waals surface area contributed by atoms with E-state index in [9.17, 15) is 0 Å². The molecule has 0 saturated carbocycles. The van der Waals surface area contributed by atoms with Crippen LogP contribution < -0.4 is 0 Å². The summed E-state index contributed by atoms with van der Waals surface area (Å²) in [5.41, 5.74) is 16.3. The van der Waals surface area contributed by atoms with E-state index in [4.69, 9.17) is 14.4 Å². The second-order valence-corrected chi connectivity index (χ2v) is 13.4. The molecule has 3 nitrogen and oxygen atoms in total. The molecular formula is C48H36N2O. The van der Waals surface area contributed by atoms with Gasteiger partial charge in [0.2, 0.25) is 0 Å². The highest BCUT2D eigenvalue weighted by molar-refractivity contribution is 5.90. The molecule has 1 aliphatic rings. The molecule has 0 unspecified atom stereocenters. The molecule has 0 amide bonds. The summed E-state index contributed by atoms with van der Waals surface area (Å²) < 4.78 is 6.36. The van der Waals surface area contributed by atoms with Gasteiger partial charge in [-0.15, -0.1) is 0 Å². The van der Waals surface area contributed by atoms with E-state index in [0.717, 1.165) is 80.1 Å². The van der Waals surface area contributed by atoms with Crippen molar-refractivity contribution >= 4 is 17.0 Å². The number of hydrogen-bond acceptors (Lipinski definition) is 3. The molecule has 0 aliphatic heterocycles. The zero-order valence-corrected chi connectivity index (χ0v) is 28.7. The van der Waals surface area contributed by atoms with Crippen molar-refractivity contribution in [1.29, 1.82) is 0 Å². The fourth-order valence-corrected chi connectivity index (χ4v) is 7.36. The summed E-state index contributed by atoms with van der Waals surface area (Å²) in [6.07, 6.45) is 6.36. The Balaban J connectivity index is 1.24. The predicted octanol–water partition coefficient (Wildman–Crippen LogP) is 12.8.